The molecule has 98 valence electrons. The Morgan fingerprint density at radius 1 is 1.35 bits per heavy atom. The highest BCUT2D eigenvalue weighted by molar-refractivity contribution is 5.80. The maximum atomic E-state index is 11.3. The molecular formula is C9H16N2O6. The van der Waals surface area contributed by atoms with E-state index in [0.29, 0.717) is 0 Å². The SMILES string of the molecule is COC(=O)CN(C)C(=O)NCCOCC(=O)O. The number of rotatable bonds is 7. The highest BCUT2D eigenvalue weighted by atomic mass is 16.5. The summed E-state index contributed by atoms with van der Waals surface area (Å²) in [4.78, 5) is 33.4. The van der Waals surface area contributed by atoms with Crippen molar-refractivity contribution in [1.29, 1.82) is 0 Å². The summed E-state index contributed by atoms with van der Waals surface area (Å²) in [5, 5.41) is 10.7. The predicted octanol–water partition coefficient (Wildman–Crippen LogP) is -1.10. The van der Waals surface area contributed by atoms with Gasteiger partial charge in [0.05, 0.1) is 13.7 Å². The van der Waals surface area contributed by atoms with Crippen molar-refractivity contribution in [3.63, 3.8) is 0 Å². The van der Waals surface area contributed by atoms with Crippen LogP contribution in [-0.2, 0) is 19.1 Å². The smallest absolute Gasteiger partial charge is 0.329 e. The number of carbonyl (C=O) groups excluding carboxylic acids is 2. The molecule has 2 N–H and O–H groups in total. The fraction of sp³-hybridized carbons (Fsp3) is 0.667. The topological polar surface area (TPSA) is 105 Å². The van der Waals surface area contributed by atoms with Crippen LogP contribution in [0.2, 0.25) is 0 Å². The monoisotopic (exact) mass is 248 g/mol. The molecule has 0 atom stereocenters. The van der Waals surface area contributed by atoms with Crippen molar-refractivity contribution in [1.82, 2.24) is 10.2 Å². The molecule has 0 unspecified atom stereocenters. The molecule has 0 fully saturated rings. The summed E-state index contributed by atoms with van der Waals surface area (Å²) in [7, 11) is 2.66. The van der Waals surface area contributed by atoms with E-state index in [9.17, 15) is 14.4 Å². The number of likely N-dealkylation sites (N-methyl/N-ethyl adjacent to an activating group) is 1. The van der Waals surface area contributed by atoms with Crippen LogP contribution in [0.1, 0.15) is 0 Å². The summed E-state index contributed by atoms with van der Waals surface area (Å²) in [5.41, 5.74) is 0. The van der Waals surface area contributed by atoms with Gasteiger partial charge in [0.25, 0.3) is 0 Å². The van der Waals surface area contributed by atoms with Gasteiger partial charge in [-0.2, -0.15) is 0 Å². The molecule has 0 aliphatic carbocycles. The van der Waals surface area contributed by atoms with Gasteiger partial charge in [-0.1, -0.05) is 0 Å². The normalized spacial score (nSPS) is 9.53. The minimum atomic E-state index is -1.07. The van der Waals surface area contributed by atoms with E-state index in [1.165, 1.54) is 14.2 Å². The van der Waals surface area contributed by atoms with Crippen LogP contribution >= 0.6 is 0 Å². The van der Waals surface area contributed by atoms with Crippen molar-refractivity contribution < 1.29 is 29.0 Å². The summed E-state index contributed by atoms with van der Waals surface area (Å²) in [6.45, 7) is -0.312. The van der Waals surface area contributed by atoms with Crippen molar-refractivity contribution in [2.45, 2.75) is 0 Å². The fourth-order valence-electron chi connectivity index (χ4n) is 0.855. The number of ether oxygens (including phenoxy) is 2. The Bertz CT molecular complexity index is 281. The zero-order chi connectivity index (χ0) is 13.3. The molecule has 8 heteroatoms. The number of nitrogens with one attached hydrogen (secondary N) is 1. The van der Waals surface area contributed by atoms with Gasteiger partial charge in [-0.3, -0.25) is 4.79 Å². The Morgan fingerprint density at radius 3 is 2.53 bits per heavy atom. The number of carbonyl (C=O) groups is 3. The second-order valence-electron chi connectivity index (χ2n) is 3.11. The third kappa shape index (κ3) is 8.03. The van der Waals surface area contributed by atoms with Crippen LogP contribution in [0.4, 0.5) is 4.79 Å². The number of urea groups is 1. The van der Waals surface area contributed by atoms with Gasteiger partial charge in [0, 0.05) is 13.6 Å². The lowest BCUT2D eigenvalue weighted by Gasteiger charge is -2.16. The van der Waals surface area contributed by atoms with Crippen molar-refractivity contribution in [2.75, 3.05) is 40.5 Å². The maximum Gasteiger partial charge on any atom is 0.329 e. The van der Waals surface area contributed by atoms with Gasteiger partial charge in [-0.15, -0.1) is 0 Å². The zero-order valence-electron chi connectivity index (χ0n) is 9.76. The number of carboxylic acid groups (broad SMARTS) is 1. The maximum absolute atomic E-state index is 11.3. The number of methoxy groups -OCH3 is 1. The number of aliphatic carboxylic acids is 1. The average Bonchev–Trinajstić information content (AvgIpc) is 2.27. The molecular weight excluding hydrogens is 232 g/mol. The van der Waals surface area contributed by atoms with Crippen molar-refractivity contribution in [2.24, 2.45) is 0 Å². The Kier molecular flexibility index (Phi) is 7.44. The second-order valence-corrected chi connectivity index (χ2v) is 3.11. The first-order valence-corrected chi connectivity index (χ1v) is 4.82. The number of hydrogen-bond acceptors (Lipinski definition) is 5. The lowest BCUT2D eigenvalue weighted by molar-refractivity contribution is -0.142. The lowest BCUT2D eigenvalue weighted by atomic mass is 10.5. The minimum absolute atomic E-state index is 0.0874. The highest BCUT2D eigenvalue weighted by Gasteiger charge is 2.11. The summed E-state index contributed by atoms with van der Waals surface area (Å²) >= 11 is 0. The summed E-state index contributed by atoms with van der Waals surface area (Å²) < 4.78 is 9.09. The third-order valence-electron chi connectivity index (χ3n) is 1.69. The van der Waals surface area contributed by atoms with E-state index in [1.807, 2.05) is 0 Å². The minimum Gasteiger partial charge on any atom is -0.480 e. The largest absolute Gasteiger partial charge is 0.480 e. The fourth-order valence-corrected chi connectivity index (χ4v) is 0.855. The molecule has 0 heterocycles. The Hall–Kier alpha value is -1.83. The molecule has 0 rings (SSSR count). The summed E-state index contributed by atoms with van der Waals surface area (Å²) in [6.07, 6.45) is 0. The van der Waals surface area contributed by atoms with Crippen LogP contribution in [0.5, 0.6) is 0 Å². The van der Waals surface area contributed by atoms with Gasteiger partial charge >= 0.3 is 18.0 Å². The van der Waals surface area contributed by atoms with E-state index in [-0.39, 0.29) is 19.7 Å². The van der Waals surface area contributed by atoms with E-state index >= 15 is 0 Å². The molecule has 8 nitrogen and oxygen atoms in total. The molecule has 0 aromatic rings. The van der Waals surface area contributed by atoms with Crippen LogP contribution in [0.15, 0.2) is 0 Å². The quantitative estimate of drug-likeness (QED) is 0.438. The van der Waals surface area contributed by atoms with Gasteiger partial charge in [-0.25, -0.2) is 9.59 Å². The zero-order valence-corrected chi connectivity index (χ0v) is 9.76. The Balaban J connectivity index is 3.64. The van der Waals surface area contributed by atoms with E-state index in [1.54, 1.807) is 0 Å². The molecule has 0 aromatic carbocycles. The van der Waals surface area contributed by atoms with Gasteiger partial charge < -0.3 is 24.8 Å². The number of amides is 2. The standard InChI is InChI=1S/C9H16N2O6/c1-11(5-8(14)16-2)9(15)10-3-4-17-6-7(12)13/h3-6H2,1-2H3,(H,10,15)(H,12,13). The van der Waals surface area contributed by atoms with Gasteiger partial charge in [0.2, 0.25) is 0 Å². The van der Waals surface area contributed by atoms with Crippen LogP contribution in [0.25, 0.3) is 0 Å². The van der Waals surface area contributed by atoms with Gasteiger partial charge in [-0.05, 0) is 0 Å². The molecule has 0 saturated carbocycles. The average molecular weight is 248 g/mol. The van der Waals surface area contributed by atoms with Crippen molar-refractivity contribution in [3.05, 3.63) is 0 Å². The van der Waals surface area contributed by atoms with Crippen molar-refractivity contribution in [3.8, 4) is 0 Å². The van der Waals surface area contributed by atoms with Crippen LogP contribution in [-0.4, -0.2) is 68.4 Å². The van der Waals surface area contributed by atoms with Crippen LogP contribution < -0.4 is 5.32 Å². The molecule has 0 radical (unpaired) electrons. The highest BCUT2D eigenvalue weighted by Crippen LogP contribution is 1.86. The Morgan fingerprint density at radius 2 is 2.00 bits per heavy atom. The lowest BCUT2D eigenvalue weighted by Crippen LogP contribution is -2.41. The number of nitrogens with zero attached hydrogens (tertiary/aromatic N) is 1. The van der Waals surface area contributed by atoms with E-state index in [2.05, 4.69) is 10.1 Å². The van der Waals surface area contributed by atoms with Crippen LogP contribution in [0.3, 0.4) is 0 Å². The number of esters is 1. The molecule has 0 aromatic heterocycles. The molecule has 0 aliphatic heterocycles. The predicted molar refractivity (Wildman–Crippen MR) is 56.5 cm³/mol. The molecule has 0 saturated heterocycles. The first kappa shape index (κ1) is 15.2. The second kappa shape index (κ2) is 8.34. The molecule has 0 spiro atoms. The number of hydrogen-bond donors (Lipinski definition) is 2. The third-order valence-corrected chi connectivity index (χ3v) is 1.69. The first-order chi connectivity index (χ1) is 7.97. The van der Waals surface area contributed by atoms with Gasteiger partial charge in [0.15, 0.2) is 0 Å². The van der Waals surface area contributed by atoms with Gasteiger partial charge in [0.1, 0.15) is 13.2 Å². The molecule has 2 amide bonds. The molecule has 0 aliphatic rings. The number of carboxylic acids is 1. The van der Waals surface area contributed by atoms with E-state index in [0.717, 1.165) is 4.90 Å². The van der Waals surface area contributed by atoms with Crippen molar-refractivity contribution >= 4 is 18.0 Å². The first-order valence-electron chi connectivity index (χ1n) is 4.82. The molecule has 0 bridgehead atoms. The van der Waals surface area contributed by atoms with E-state index < -0.39 is 24.6 Å². The Labute approximate surface area is 98.5 Å². The summed E-state index contributed by atoms with van der Waals surface area (Å²) in [5.74, 6) is -1.59. The van der Waals surface area contributed by atoms with E-state index in [4.69, 9.17) is 9.84 Å². The molecule has 17 heavy (non-hydrogen) atoms. The summed E-state index contributed by atoms with van der Waals surface area (Å²) in [6, 6.07) is -0.464. The van der Waals surface area contributed by atoms with Crippen LogP contribution in [0, 0.1) is 0 Å².